The van der Waals surface area contributed by atoms with Gasteiger partial charge in [-0.2, -0.15) is 0 Å². The molecule has 2 aromatic rings. The molecule has 0 radical (unpaired) electrons. The fourth-order valence-electron chi connectivity index (χ4n) is 1.81. The van der Waals surface area contributed by atoms with Gasteiger partial charge in [0.05, 0.1) is 0 Å². The predicted molar refractivity (Wildman–Crippen MR) is 77.8 cm³/mol. The fraction of sp³-hybridized carbons (Fsp3) is 0.125. The highest BCUT2D eigenvalue weighted by molar-refractivity contribution is 5.63. The van der Waals surface area contributed by atoms with Crippen molar-refractivity contribution in [2.45, 2.75) is 6.92 Å². The van der Waals surface area contributed by atoms with Crippen LogP contribution in [0.2, 0.25) is 0 Å². The molecule has 2 nitrogen and oxygen atoms in total. The van der Waals surface area contributed by atoms with Crippen LogP contribution in [0, 0.1) is 0 Å². The third-order valence-corrected chi connectivity index (χ3v) is 2.73. The van der Waals surface area contributed by atoms with Crippen molar-refractivity contribution >= 4 is 11.4 Å². The number of hydrogen-bond donors (Lipinski definition) is 1. The first-order valence-electron chi connectivity index (χ1n) is 6.07. The molecule has 0 aromatic heterocycles. The van der Waals surface area contributed by atoms with Crippen LogP contribution in [0.15, 0.2) is 72.4 Å². The Morgan fingerprint density at radius 2 is 1.39 bits per heavy atom. The van der Waals surface area contributed by atoms with Crippen LogP contribution in [0.25, 0.3) is 0 Å². The van der Waals surface area contributed by atoms with E-state index in [-0.39, 0.29) is 0 Å². The number of nitrogens with zero attached hydrogens (tertiary/aromatic N) is 1. The molecule has 0 heterocycles. The van der Waals surface area contributed by atoms with Crippen molar-refractivity contribution in [3.63, 3.8) is 0 Å². The fourth-order valence-corrected chi connectivity index (χ4v) is 1.81. The van der Waals surface area contributed by atoms with Gasteiger partial charge in [0.25, 0.3) is 0 Å². The highest BCUT2D eigenvalue weighted by atomic mass is 15.1. The smallest absolute Gasteiger partial charge is 0.0431 e. The van der Waals surface area contributed by atoms with Crippen molar-refractivity contribution in [3.8, 4) is 0 Å². The molecule has 0 atom stereocenters. The Labute approximate surface area is 108 Å². The Kier molecular flexibility index (Phi) is 4.02. The summed E-state index contributed by atoms with van der Waals surface area (Å²) in [5, 5.41) is 0. The van der Waals surface area contributed by atoms with Gasteiger partial charge in [0.15, 0.2) is 0 Å². The van der Waals surface area contributed by atoms with E-state index in [4.69, 9.17) is 5.73 Å². The first kappa shape index (κ1) is 12.2. The highest BCUT2D eigenvalue weighted by Gasteiger charge is 2.06. The molecular formula is C16H18N2. The second-order valence-electron chi connectivity index (χ2n) is 4.23. The van der Waals surface area contributed by atoms with Gasteiger partial charge >= 0.3 is 0 Å². The molecule has 2 aromatic carbocycles. The van der Waals surface area contributed by atoms with Crippen LogP contribution < -0.4 is 10.6 Å². The third-order valence-electron chi connectivity index (χ3n) is 2.73. The van der Waals surface area contributed by atoms with E-state index in [9.17, 15) is 0 Å². The number of para-hydroxylation sites is 2. The van der Waals surface area contributed by atoms with Crippen molar-refractivity contribution < 1.29 is 0 Å². The lowest BCUT2D eigenvalue weighted by atomic mass is 10.2. The Balaban J connectivity index is 2.32. The lowest BCUT2D eigenvalue weighted by Crippen LogP contribution is -2.17. The van der Waals surface area contributed by atoms with Gasteiger partial charge in [-0.25, -0.2) is 0 Å². The van der Waals surface area contributed by atoms with E-state index in [0.29, 0.717) is 0 Å². The number of rotatable bonds is 4. The SMILES string of the molecule is C/C(N)=C/CN(c1ccccc1)c1ccccc1. The molecule has 0 fully saturated rings. The van der Waals surface area contributed by atoms with E-state index in [1.165, 1.54) is 11.4 Å². The quantitative estimate of drug-likeness (QED) is 0.880. The van der Waals surface area contributed by atoms with E-state index in [1.807, 2.05) is 49.4 Å². The number of nitrogens with two attached hydrogens (primary N) is 1. The van der Waals surface area contributed by atoms with Gasteiger partial charge in [-0.15, -0.1) is 0 Å². The minimum absolute atomic E-state index is 0.774. The third kappa shape index (κ3) is 3.14. The first-order chi connectivity index (χ1) is 8.77. The summed E-state index contributed by atoms with van der Waals surface area (Å²) in [4.78, 5) is 2.23. The minimum Gasteiger partial charge on any atom is -0.402 e. The second-order valence-corrected chi connectivity index (χ2v) is 4.23. The molecule has 0 saturated carbocycles. The van der Waals surface area contributed by atoms with Gasteiger partial charge in [0.2, 0.25) is 0 Å². The largest absolute Gasteiger partial charge is 0.402 e. The second kappa shape index (κ2) is 5.92. The molecule has 0 aliphatic heterocycles. The van der Waals surface area contributed by atoms with Crippen molar-refractivity contribution in [1.82, 2.24) is 0 Å². The van der Waals surface area contributed by atoms with Gasteiger partial charge < -0.3 is 10.6 Å². The topological polar surface area (TPSA) is 29.3 Å². The van der Waals surface area contributed by atoms with Crippen molar-refractivity contribution in [1.29, 1.82) is 0 Å². The van der Waals surface area contributed by atoms with Crippen molar-refractivity contribution in [3.05, 3.63) is 72.4 Å². The van der Waals surface area contributed by atoms with Crippen LogP contribution in [0.4, 0.5) is 11.4 Å². The number of allylic oxidation sites excluding steroid dienone is 1. The molecule has 2 heteroatoms. The minimum atomic E-state index is 0.774. The summed E-state index contributed by atoms with van der Waals surface area (Å²) < 4.78 is 0. The summed E-state index contributed by atoms with van der Waals surface area (Å²) in [5.74, 6) is 0. The molecule has 0 bridgehead atoms. The van der Waals surface area contributed by atoms with Gasteiger partial charge in [-0.1, -0.05) is 36.4 Å². The normalized spacial score (nSPS) is 11.3. The standard InChI is InChI=1S/C16H18N2/c1-14(17)12-13-18(15-8-4-2-5-9-15)16-10-6-3-7-11-16/h2-12H,13,17H2,1H3/b14-12-. The summed E-state index contributed by atoms with van der Waals surface area (Å²) in [6, 6.07) is 20.6. The zero-order chi connectivity index (χ0) is 12.8. The molecule has 18 heavy (non-hydrogen) atoms. The van der Waals surface area contributed by atoms with Crippen LogP contribution in [-0.4, -0.2) is 6.54 Å². The summed E-state index contributed by atoms with van der Waals surface area (Å²) in [6.45, 7) is 2.69. The van der Waals surface area contributed by atoms with E-state index in [0.717, 1.165) is 12.2 Å². The van der Waals surface area contributed by atoms with E-state index in [1.54, 1.807) is 0 Å². The molecular weight excluding hydrogens is 220 g/mol. The van der Waals surface area contributed by atoms with Gasteiger partial charge in [-0.05, 0) is 37.3 Å². The van der Waals surface area contributed by atoms with Crippen LogP contribution in [0.1, 0.15) is 6.92 Å². The summed E-state index contributed by atoms with van der Waals surface area (Å²) in [5.41, 5.74) is 8.91. The molecule has 0 aliphatic rings. The Hall–Kier alpha value is -2.22. The zero-order valence-corrected chi connectivity index (χ0v) is 10.6. The van der Waals surface area contributed by atoms with Crippen LogP contribution in [0.5, 0.6) is 0 Å². The monoisotopic (exact) mass is 238 g/mol. The molecule has 0 saturated heterocycles. The van der Waals surface area contributed by atoms with E-state index >= 15 is 0 Å². The van der Waals surface area contributed by atoms with Gasteiger partial charge in [-0.3, -0.25) is 0 Å². The molecule has 92 valence electrons. The summed E-state index contributed by atoms with van der Waals surface area (Å²) >= 11 is 0. The number of anilines is 2. The van der Waals surface area contributed by atoms with Crippen LogP contribution in [-0.2, 0) is 0 Å². The Morgan fingerprint density at radius 1 is 0.944 bits per heavy atom. The van der Waals surface area contributed by atoms with Crippen LogP contribution >= 0.6 is 0 Å². The van der Waals surface area contributed by atoms with Gasteiger partial charge in [0.1, 0.15) is 0 Å². The van der Waals surface area contributed by atoms with Crippen LogP contribution in [0.3, 0.4) is 0 Å². The highest BCUT2D eigenvalue weighted by Crippen LogP contribution is 2.24. The maximum absolute atomic E-state index is 5.73. The maximum Gasteiger partial charge on any atom is 0.0431 e. The molecule has 0 aliphatic carbocycles. The average Bonchev–Trinajstić information content (AvgIpc) is 2.41. The molecule has 0 unspecified atom stereocenters. The first-order valence-corrected chi connectivity index (χ1v) is 6.07. The zero-order valence-electron chi connectivity index (χ0n) is 10.6. The van der Waals surface area contributed by atoms with E-state index < -0.39 is 0 Å². The van der Waals surface area contributed by atoms with Gasteiger partial charge in [0, 0.05) is 23.6 Å². The average molecular weight is 238 g/mol. The van der Waals surface area contributed by atoms with E-state index in [2.05, 4.69) is 29.2 Å². The maximum atomic E-state index is 5.73. The molecule has 0 amide bonds. The van der Waals surface area contributed by atoms with Crippen molar-refractivity contribution in [2.24, 2.45) is 5.73 Å². The number of hydrogen-bond acceptors (Lipinski definition) is 2. The Bertz CT molecular complexity index is 460. The predicted octanol–water partition coefficient (Wildman–Crippen LogP) is 3.69. The van der Waals surface area contributed by atoms with Crippen molar-refractivity contribution in [2.75, 3.05) is 11.4 Å². The lowest BCUT2D eigenvalue weighted by molar-refractivity contribution is 1.07. The Morgan fingerprint density at radius 3 is 1.78 bits per heavy atom. The molecule has 2 rings (SSSR count). The lowest BCUT2D eigenvalue weighted by Gasteiger charge is -2.23. The molecule has 0 spiro atoms. The summed E-state index contributed by atoms with van der Waals surface area (Å²) in [6.07, 6.45) is 2.03. The number of benzene rings is 2. The summed E-state index contributed by atoms with van der Waals surface area (Å²) in [7, 11) is 0. The molecule has 2 N–H and O–H groups in total.